The molecule has 0 fully saturated rings. The summed E-state index contributed by atoms with van der Waals surface area (Å²) >= 11 is 0. The number of Topliss-reactive ketones (excluding diaryl/α,β-unsaturated/α-hetero) is 1. The Morgan fingerprint density at radius 1 is 1.12 bits per heavy atom. The fourth-order valence-electron chi connectivity index (χ4n) is 1.00. The Kier molecular flexibility index (Phi) is 6.88. The molecule has 0 bridgehead atoms. The average Bonchev–Trinajstić information content (AvgIpc) is 2.29. The fraction of sp³-hybridized carbons (Fsp3) is 0.182. The third kappa shape index (κ3) is 4.26. The quantitative estimate of drug-likeness (QED) is 0.202. The summed E-state index contributed by atoms with van der Waals surface area (Å²) in [4.78, 5) is 22.2. The van der Waals surface area contributed by atoms with E-state index in [1.807, 2.05) is 0 Å². The summed E-state index contributed by atoms with van der Waals surface area (Å²) in [5.41, 5.74) is 0.418. The van der Waals surface area contributed by atoms with Crippen LogP contribution in [0.1, 0.15) is 10.4 Å². The van der Waals surface area contributed by atoms with Crippen molar-refractivity contribution in [1.82, 2.24) is 0 Å². The Labute approximate surface area is 116 Å². The molecule has 1 rings (SSSR count). The number of hydrogen-bond donors (Lipinski definition) is 0. The first-order chi connectivity index (χ1) is 7.17. The van der Waals surface area contributed by atoms with Gasteiger partial charge in [0.15, 0.2) is 0 Å². The number of ketones is 1. The molecule has 0 radical (unpaired) electrons. The SMILES string of the molecule is COC(=O)[CH-]C(=O)c1ccc(OC)cc1.[Na+]. The number of esters is 1. The maximum atomic E-state index is 11.4. The number of carbonyl (C=O) groups is 2. The van der Waals surface area contributed by atoms with Crippen molar-refractivity contribution in [3.63, 3.8) is 0 Å². The van der Waals surface area contributed by atoms with E-state index in [1.54, 1.807) is 24.3 Å². The first-order valence-electron chi connectivity index (χ1n) is 4.28. The van der Waals surface area contributed by atoms with E-state index < -0.39 is 5.97 Å². The second kappa shape index (κ2) is 7.33. The van der Waals surface area contributed by atoms with Crippen LogP contribution in [0, 0.1) is 6.42 Å². The van der Waals surface area contributed by atoms with Gasteiger partial charge in [0.1, 0.15) is 5.75 Å². The summed E-state index contributed by atoms with van der Waals surface area (Å²) in [5, 5.41) is 0. The molecule has 0 aromatic heterocycles. The number of methoxy groups -OCH3 is 2. The van der Waals surface area contributed by atoms with Gasteiger partial charge in [-0.3, -0.25) is 4.79 Å². The summed E-state index contributed by atoms with van der Waals surface area (Å²) in [6, 6.07) is 6.47. The van der Waals surface area contributed by atoms with Crippen LogP contribution in [0.2, 0.25) is 0 Å². The van der Waals surface area contributed by atoms with Gasteiger partial charge in [-0.15, -0.1) is 17.7 Å². The average molecular weight is 230 g/mol. The van der Waals surface area contributed by atoms with Crippen LogP contribution in [-0.4, -0.2) is 26.0 Å². The van der Waals surface area contributed by atoms with E-state index in [-0.39, 0.29) is 35.3 Å². The number of carbonyl (C=O) groups excluding carboxylic acids is 2. The van der Waals surface area contributed by atoms with Gasteiger partial charge in [-0.1, -0.05) is 6.42 Å². The van der Waals surface area contributed by atoms with Crippen molar-refractivity contribution in [1.29, 1.82) is 0 Å². The number of hydrogen-bond acceptors (Lipinski definition) is 4. The summed E-state index contributed by atoms with van der Waals surface area (Å²) < 4.78 is 9.29. The van der Waals surface area contributed by atoms with Crippen LogP contribution in [0.4, 0.5) is 0 Å². The molecule has 16 heavy (non-hydrogen) atoms. The summed E-state index contributed by atoms with van der Waals surface area (Å²) in [6.45, 7) is 0. The predicted molar refractivity (Wildman–Crippen MR) is 53.6 cm³/mol. The Hall–Kier alpha value is -0.970. The van der Waals surface area contributed by atoms with Crippen LogP contribution in [0.5, 0.6) is 5.75 Å². The van der Waals surface area contributed by atoms with Crippen LogP contribution in [0.25, 0.3) is 0 Å². The summed E-state index contributed by atoms with van der Waals surface area (Å²) in [7, 11) is 2.76. The molecule has 1 aromatic rings. The standard InChI is InChI=1S/C11H11O4.Na/c1-14-9-5-3-8(4-6-9)10(12)7-11(13)15-2;/h3-7H,1-2H3;/q-1;+1. The second-order valence-electron chi connectivity index (χ2n) is 2.76. The molecule has 0 saturated carbocycles. The van der Waals surface area contributed by atoms with E-state index in [4.69, 9.17) is 4.74 Å². The monoisotopic (exact) mass is 230 g/mol. The van der Waals surface area contributed by atoms with Crippen LogP contribution in [0.15, 0.2) is 24.3 Å². The molecular formula is C11H11NaO4. The molecule has 80 valence electrons. The molecule has 0 aliphatic heterocycles. The van der Waals surface area contributed by atoms with Crippen LogP contribution < -0.4 is 34.3 Å². The second-order valence-corrected chi connectivity index (χ2v) is 2.76. The van der Waals surface area contributed by atoms with Crippen LogP contribution >= 0.6 is 0 Å². The van der Waals surface area contributed by atoms with Gasteiger partial charge in [-0.25, -0.2) is 0 Å². The number of benzene rings is 1. The van der Waals surface area contributed by atoms with E-state index in [0.717, 1.165) is 6.42 Å². The Balaban J connectivity index is 0.00000225. The summed E-state index contributed by atoms with van der Waals surface area (Å²) in [5.74, 6) is -0.384. The van der Waals surface area contributed by atoms with Gasteiger partial charge in [-0.05, 0) is 12.1 Å². The molecule has 5 heteroatoms. The zero-order valence-electron chi connectivity index (χ0n) is 9.52. The molecule has 0 heterocycles. The number of ether oxygens (including phenoxy) is 2. The first-order valence-corrected chi connectivity index (χ1v) is 4.28. The third-order valence-corrected chi connectivity index (χ3v) is 1.82. The van der Waals surface area contributed by atoms with E-state index in [0.29, 0.717) is 11.3 Å². The van der Waals surface area contributed by atoms with E-state index >= 15 is 0 Å². The van der Waals surface area contributed by atoms with Crippen LogP contribution in [-0.2, 0) is 9.53 Å². The Bertz CT molecular complexity index is 359. The third-order valence-electron chi connectivity index (χ3n) is 1.82. The minimum atomic E-state index is -0.657. The van der Waals surface area contributed by atoms with Crippen molar-refractivity contribution in [3.05, 3.63) is 36.2 Å². The van der Waals surface area contributed by atoms with Gasteiger partial charge in [0, 0.05) is 5.78 Å². The van der Waals surface area contributed by atoms with Gasteiger partial charge >= 0.3 is 29.6 Å². The van der Waals surface area contributed by atoms with Crippen molar-refractivity contribution in [2.75, 3.05) is 14.2 Å². The van der Waals surface area contributed by atoms with Gasteiger partial charge in [0.2, 0.25) is 0 Å². The van der Waals surface area contributed by atoms with E-state index in [1.165, 1.54) is 14.2 Å². The zero-order chi connectivity index (χ0) is 11.3. The molecule has 0 aliphatic carbocycles. The van der Waals surface area contributed by atoms with Crippen LogP contribution in [0.3, 0.4) is 0 Å². The van der Waals surface area contributed by atoms with Crippen molar-refractivity contribution < 1.29 is 48.6 Å². The zero-order valence-corrected chi connectivity index (χ0v) is 11.5. The maximum Gasteiger partial charge on any atom is 1.00 e. The predicted octanol–water partition coefficient (Wildman–Crippen LogP) is -1.74. The van der Waals surface area contributed by atoms with Gasteiger partial charge < -0.3 is 14.3 Å². The van der Waals surface area contributed by atoms with E-state index in [2.05, 4.69) is 4.74 Å². The topological polar surface area (TPSA) is 52.6 Å². The van der Waals surface area contributed by atoms with Crippen molar-refractivity contribution in [2.24, 2.45) is 0 Å². The molecular weight excluding hydrogens is 219 g/mol. The normalized spacial score (nSPS) is 8.62. The van der Waals surface area contributed by atoms with Crippen molar-refractivity contribution in [2.45, 2.75) is 0 Å². The van der Waals surface area contributed by atoms with Gasteiger partial charge in [-0.2, -0.15) is 0 Å². The maximum absolute atomic E-state index is 11.4. The van der Waals surface area contributed by atoms with Gasteiger partial charge in [0.05, 0.1) is 14.2 Å². The Morgan fingerprint density at radius 2 is 1.69 bits per heavy atom. The van der Waals surface area contributed by atoms with Crippen molar-refractivity contribution >= 4 is 11.8 Å². The minimum absolute atomic E-state index is 0. The first kappa shape index (κ1) is 15.0. The molecule has 0 atom stereocenters. The number of rotatable bonds is 4. The fourth-order valence-corrected chi connectivity index (χ4v) is 1.00. The molecule has 0 saturated heterocycles. The molecule has 4 nitrogen and oxygen atoms in total. The van der Waals surface area contributed by atoms with E-state index in [9.17, 15) is 9.59 Å². The smallest absolute Gasteiger partial charge is 0.497 e. The molecule has 1 aromatic carbocycles. The van der Waals surface area contributed by atoms with Crippen molar-refractivity contribution in [3.8, 4) is 5.75 Å². The largest absolute Gasteiger partial charge is 1.00 e. The molecule has 0 aliphatic rings. The summed E-state index contributed by atoms with van der Waals surface area (Å²) in [6.07, 6.45) is 0.905. The minimum Gasteiger partial charge on any atom is -0.497 e. The molecule has 0 amide bonds. The molecule has 0 spiro atoms. The molecule has 0 N–H and O–H groups in total. The van der Waals surface area contributed by atoms with Gasteiger partial charge in [0.25, 0.3) is 5.97 Å². The Morgan fingerprint density at radius 3 is 2.12 bits per heavy atom. The molecule has 0 unspecified atom stereocenters.